The zero-order valence-electron chi connectivity index (χ0n) is 11.9. The highest BCUT2D eigenvalue weighted by Gasteiger charge is 2.19. The van der Waals surface area contributed by atoms with Crippen molar-refractivity contribution in [2.75, 3.05) is 33.5 Å². The lowest BCUT2D eigenvalue weighted by Gasteiger charge is -2.13. The first-order chi connectivity index (χ1) is 9.70. The molecule has 5 nitrogen and oxygen atoms in total. The van der Waals surface area contributed by atoms with Crippen molar-refractivity contribution in [1.82, 2.24) is 0 Å². The Kier molecular flexibility index (Phi) is 5.79. The molecule has 1 aromatic rings. The number of fused-ring (bicyclic) bond motifs is 1. The quantitative estimate of drug-likeness (QED) is 0.696. The summed E-state index contributed by atoms with van der Waals surface area (Å²) in [5.74, 6) is 0.772. The number of rotatable bonds is 8. The maximum Gasteiger partial charge on any atom is 0.119 e. The van der Waals surface area contributed by atoms with Crippen LogP contribution in [0.1, 0.15) is 23.6 Å². The number of aliphatic hydroxyl groups is 1. The monoisotopic (exact) mass is 281 g/mol. The Hall–Kier alpha value is -1.14. The van der Waals surface area contributed by atoms with E-state index in [0.29, 0.717) is 13.2 Å². The first kappa shape index (κ1) is 15.3. The average molecular weight is 281 g/mol. The molecule has 0 fully saturated rings. The van der Waals surface area contributed by atoms with Gasteiger partial charge in [-0.25, -0.2) is 0 Å². The van der Waals surface area contributed by atoms with Gasteiger partial charge in [0.2, 0.25) is 0 Å². The molecular formula is C15H23NO4. The van der Waals surface area contributed by atoms with E-state index in [9.17, 15) is 5.11 Å². The number of nitrogens with two attached hydrogens (primary N) is 1. The third-order valence-electron chi connectivity index (χ3n) is 3.42. The summed E-state index contributed by atoms with van der Waals surface area (Å²) in [6, 6.07) is 6.09. The molecule has 0 saturated heterocycles. The van der Waals surface area contributed by atoms with Gasteiger partial charge in [0, 0.05) is 13.2 Å². The van der Waals surface area contributed by atoms with E-state index >= 15 is 0 Å². The molecule has 1 aromatic carbocycles. The van der Waals surface area contributed by atoms with Crippen molar-refractivity contribution in [2.24, 2.45) is 5.73 Å². The Balaban J connectivity index is 1.74. The number of ether oxygens (including phenoxy) is 3. The molecule has 2 unspecified atom stereocenters. The van der Waals surface area contributed by atoms with Gasteiger partial charge in [-0.1, -0.05) is 6.07 Å². The maximum absolute atomic E-state index is 9.73. The van der Waals surface area contributed by atoms with Gasteiger partial charge >= 0.3 is 0 Å². The molecule has 112 valence electrons. The molecule has 0 spiro atoms. The molecule has 0 saturated carbocycles. The largest absolute Gasteiger partial charge is 0.491 e. The predicted octanol–water partition coefficient (Wildman–Crippen LogP) is 1.04. The van der Waals surface area contributed by atoms with Gasteiger partial charge < -0.3 is 25.1 Å². The zero-order valence-corrected chi connectivity index (χ0v) is 11.9. The fraction of sp³-hybridized carbons (Fsp3) is 0.600. The van der Waals surface area contributed by atoms with Crippen LogP contribution in [0.15, 0.2) is 18.2 Å². The van der Waals surface area contributed by atoms with E-state index in [2.05, 4.69) is 0 Å². The molecule has 3 N–H and O–H groups in total. The first-order valence-corrected chi connectivity index (χ1v) is 6.96. The molecule has 20 heavy (non-hydrogen) atoms. The minimum absolute atomic E-state index is 0.152. The standard InChI is InChI=1S/C15H23NO4/c1-18-6-7-19-9-12(17)10-20-13-3-4-14-11(8-13)2-5-15(14)16/h3-4,8,12,15,17H,2,5-7,9-10,16H2,1H3. The van der Waals surface area contributed by atoms with Crippen LogP contribution in [-0.2, 0) is 15.9 Å². The highest BCUT2D eigenvalue weighted by molar-refractivity contribution is 5.40. The lowest BCUT2D eigenvalue weighted by atomic mass is 10.1. The van der Waals surface area contributed by atoms with Gasteiger partial charge in [-0.3, -0.25) is 0 Å². The molecular weight excluding hydrogens is 258 g/mol. The summed E-state index contributed by atoms with van der Waals surface area (Å²) < 4.78 is 15.7. The van der Waals surface area contributed by atoms with Gasteiger partial charge in [0.05, 0.1) is 19.8 Å². The summed E-state index contributed by atoms with van der Waals surface area (Å²) in [5, 5.41) is 9.73. The molecule has 0 radical (unpaired) electrons. The predicted molar refractivity (Wildman–Crippen MR) is 75.9 cm³/mol. The molecule has 0 heterocycles. The summed E-state index contributed by atoms with van der Waals surface area (Å²) >= 11 is 0. The van der Waals surface area contributed by atoms with Gasteiger partial charge in [0.1, 0.15) is 18.5 Å². The van der Waals surface area contributed by atoms with E-state index < -0.39 is 6.10 Å². The number of aryl methyl sites for hydroxylation is 1. The summed E-state index contributed by atoms with van der Waals surface area (Å²) in [4.78, 5) is 0. The van der Waals surface area contributed by atoms with Crippen LogP contribution in [0.4, 0.5) is 0 Å². The fourth-order valence-corrected chi connectivity index (χ4v) is 2.32. The normalized spacial score (nSPS) is 18.9. The van der Waals surface area contributed by atoms with E-state index in [-0.39, 0.29) is 19.3 Å². The van der Waals surface area contributed by atoms with E-state index in [1.165, 1.54) is 11.1 Å². The molecule has 0 aromatic heterocycles. The van der Waals surface area contributed by atoms with Crippen molar-refractivity contribution in [2.45, 2.75) is 25.0 Å². The summed E-state index contributed by atoms with van der Waals surface area (Å²) in [7, 11) is 1.61. The van der Waals surface area contributed by atoms with Crippen molar-refractivity contribution in [1.29, 1.82) is 0 Å². The highest BCUT2D eigenvalue weighted by atomic mass is 16.5. The van der Waals surface area contributed by atoms with Crippen molar-refractivity contribution in [3.63, 3.8) is 0 Å². The Morgan fingerprint density at radius 2 is 2.20 bits per heavy atom. The van der Waals surface area contributed by atoms with E-state index in [4.69, 9.17) is 19.9 Å². The van der Waals surface area contributed by atoms with Crippen LogP contribution < -0.4 is 10.5 Å². The average Bonchev–Trinajstić information content (AvgIpc) is 2.82. The molecule has 0 amide bonds. The number of hydrogen-bond acceptors (Lipinski definition) is 5. The number of methoxy groups -OCH3 is 1. The first-order valence-electron chi connectivity index (χ1n) is 6.96. The lowest BCUT2D eigenvalue weighted by molar-refractivity contribution is -0.00420. The lowest BCUT2D eigenvalue weighted by Crippen LogP contribution is -2.24. The van der Waals surface area contributed by atoms with Crippen molar-refractivity contribution in [3.8, 4) is 5.75 Å². The Labute approximate surface area is 119 Å². The topological polar surface area (TPSA) is 73.9 Å². The van der Waals surface area contributed by atoms with Crippen LogP contribution in [0.25, 0.3) is 0 Å². The molecule has 1 aliphatic rings. The van der Waals surface area contributed by atoms with Gasteiger partial charge in [-0.2, -0.15) is 0 Å². The van der Waals surface area contributed by atoms with Gasteiger partial charge in [-0.05, 0) is 36.1 Å². The third kappa shape index (κ3) is 4.18. The van der Waals surface area contributed by atoms with E-state index in [1.807, 2.05) is 18.2 Å². The second kappa shape index (κ2) is 7.59. The van der Waals surface area contributed by atoms with Crippen LogP contribution in [0, 0.1) is 0 Å². The molecule has 1 aliphatic carbocycles. The Morgan fingerprint density at radius 1 is 1.35 bits per heavy atom. The Morgan fingerprint density at radius 3 is 3.00 bits per heavy atom. The van der Waals surface area contributed by atoms with Gasteiger partial charge in [0.15, 0.2) is 0 Å². The van der Waals surface area contributed by atoms with Gasteiger partial charge in [0.25, 0.3) is 0 Å². The summed E-state index contributed by atoms with van der Waals surface area (Å²) in [6.45, 7) is 1.47. The summed E-state index contributed by atoms with van der Waals surface area (Å²) in [5.41, 5.74) is 8.45. The number of hydrogen-bond donors (Lipinski definition) is 2. The second-order valence-electron chi connectivity index (χ2n) is 5.04. The van der Waals surface area contributed by atoms with Crippen LogP contribution in [-0.4, -0.2) is 44.7 Å². The molecule has 0 aliphatic heterocycles. The van der Waals surface area contributed by atoms with Gasteiger partial charge in [-0.15, -0.1) is 0 Å². The van der Waals surface area contributed by atoms with E-state index in [1.54, 1.807) is 7.11 Å². The zero-order chi connectivity index (χ0) is 14.4. The highest BCUT2D eigenvalue weighted by Crippen LogP contribution is 2.31. The van der Waals surface area contributed by atoms with Crippen molar-refractivity contribution < 1.29 is 19.3 Å². The number of benzene rings is 1. The van der Waals surface area contributed by atoms with Crippen molar-refractivity contribution in [3.05, 3.63) is 29.3 Å². The second-order valence-corrected chi connectivity index (χ2v) is 5.04. The molecule has 2 rings (SSSR count). The molecule has 5 heteroatoms. The SMILES string of the molecule is COCCOCC(O)COc1ccc2c(c1)CCC2N. The van der Waals surface area contributed by atoms with Crippen LogP contribution in [0.5, 0.6) is 5.75 Å². The smallest absolute Gasteiger partial charge is 0.119 e. The molecule has 0 bridgehead atoms. The minimum atomic E-state index is -0.637. The Bertz CT molecular complexity index is 424. The third-order valence-corrected chi connectivity index (χ3v) is 3.42. The van der Waals surface area contributed by atoms with Crippen LogP contribution in [0.2, 0.25) is 0 Å². The maximum atomic E-state index is 9.73. The van der Waals surface area contributed by atoms with Crippen molar-refractivity contribution >= 4 is 0 Å². The number of aliphatic hydroxyl groups excluding tert-OH is 1. The van der Waals surface area contributed by atoms with Crippen LogP contribution in [0.3, 0.4) is 0 Å². The summed E-state index contributed by atoms with van der Waals surface area (Å²) in [6.07, 6.45) is 1.35. The van der Waals surface area contributed by atoms with Crippen LogP contribution >= 0.6 is 0 Å². The fourth-order valence-electron chi connectivity index (χ4n) is 2.32. The minimum Gasteiger partial charge on any atom is -0.491 e. The molecule has 2 atom stereocenters. The van der Waals surface area contributed by atoms with E-state index in [0.717, 1.165) is 18.6 Å².